The first-order valence-corrected chi connectivity index (χ1v) is 6.98. The van der Waals surface area contributed by atoms with Crippen LogP contribution in [0.3, 0.4) is 0 Å². The number of nitrogens with zero attached hydrogens (tertiary/aromatic N) is 2. The first-order valence-electron chi connectivity index (χ1n) is 3.47. The molecule has 13 heavy (non-hydrogen) atoms. The van der Waals surface area contributed by atoms with E-state index in [4.69, 9.17) is 22.5 Å². The summed E-state index contributed by atoms with van der Waals surface area (Å²) in [5.41, 5.74) is 1.52. The first kappa shape index (κ1) is 10.8. The minimum Gasteiger partial charge on any atom is -0.281 e. The van der Waals surface area contributed by atoms with Gasteiger partial charge in [0.05, 0.1) is 0 Å². The summed E-state index contributed by atoms with van der Waals surface area (Å²) in [5, 5.41) is 2.33. The van der Waals surface area contributed by atoms with Crippen LogP contribution in [-0.2, 0) is 4.57 Å². The van der Waals surface area contributed by atoms with Gasteiger partial charge in [-0.2, -0.15) is 0 Å². The lowest BCUT2D eigenvalue weighted by atomic mass is 10.4. The minimum absolute atomic E-state index is 0.186. The summed E-state index contributed by atoms with van der Waals surface area (Å²) in [6.45, 7) is 3.60. The number of nitrogens with one attached hydrogen (secondary N) is 1. The molecule has 0 atom stereocenters. The number of aryl methyl sites for hydroxylation is 2. The van der Waals surface area contributed by atoms with Gasteiger partial charge in [0.15, 0.2) is 0 Å². The van der Waals surface area contributed by atoms with Gasteiger partial charge in [-0.1, -0.05) is 0 Å². The quantitative estimate of drug-likeness (QED) is 0.807. The fraction of sp³-hybridized carbons (Fsp3) is 0.333. The Kier molecular flexibility index (Phi) is 3.17. The van der Waals surface area contributed by atoms with Crippen LogP contribution >= 0.6 is 28.5 Å². The SMILES string of the molecule is Cc1cc(C)nc(NP(=O)(Cl)Cl)n1. The second-order valence-corrected chi connectivity index (χ2v) is 7.07. The van der Waals surface area contributed by atoms with Crippen LogP contribution in [0.4, 0.5) is 5.95 Å². The fourth-order valence-corrected chi connectivity index (χ4v) is 1.68. The van der Waals surface area contributed by atoms with Crippen LogP contribution in [-0.4, -0.2) is 9.97 Å². The highest BCUT2D eigenvalue weighted by atomic mass is 35.9. The molecule has 72 valence electrons. The Morgan fingerprint density at radius 3 is 2.15 bits per heavy atom. The molecule has 0 saturated carbocycles. The summed E-state index contributed by atoms with van der Waals surface area (Å²) in [6.07, 6.45) is 0. The van der Waals surface area contributed by atoms with Crippen molar-refractivity contribution in [1.82, 2.24) is 9.97 Å². The van der Waals surface area contributed by atoms with Crippen LogP contribution in [0.25, 0.3) is 0 Å². The van der Waals surface area contributed by atoms with Crippen LogP contribution in [0, 0.1) is 13.8 Å². The molecule has 0 saturated heterocycles. The lowest BCUT2D eigenvalue weighted by Crippen LogP contribution is -1.98. The van der Waals surface area contributed by atoms with Gasteiger partial charge in [-0.15, -0.1) is 0 Å². The van der Waals surface area contributed by atoms with E-state index < -0.39 is 6.00 Å². The third-order valence-corrected chi connectivity index (χ3v) is 2.18. The van der Waals surface area contributed by atoms with E-state index in [1.807, 2.05) is 0 Å². The molecule has 0 aliphatic rings. The highest BCUT2D eigenvalue weighted by Crippen LogP contribution is 2.55. The molecule has 4 nitrogen and oxygen atoms in total. The van der Waals surface area contributed by atoms with Crippen molar-refractivity contribution >= 4 is 34.4 Å². The molecule has 0 amide bonds. The van der Waals surface area contributed by atoms with Gasteiger partial charge < -0.3 is 0 Å². The summed E-state index contributed by atoms with van der Waals surface area (Å²) in [7, 11) is 0. The maximum Gasteiger partial charge on any atom is 0.345 e. The Morgan fingerprint density at radius 1 is 1.31 bits per heavy atom. The Hall–Kier alpha value is -0.310. The normalized spacial score (nSPS) is 11.4. The zero-order valence-corrected chi connectivity index (χ0v) is 9.49. The Balaban J connectivity index is 2.96. The highest BCUT2D eigenvalue weighted by Gasteiger charge is 2.14. The summed E-state index contributed by atoms with van der Waals surface area (Å²) in [5.74, 6) is -3.17. The van der Waals surface area contributed by atoms with Crippen molar-refractivity contribution in [3.63, 3.8) is 0 Å². The van der Waals surface area contributed by atoms with Gasteiger partial charge in [0.2, 0.25) is 5.95 Å². The van der Waals surface area contributed by atoms with Crippen LogP contribution in [0.1, 0.15) is 11.4 Å². The zero-order valence-electron chi connectivity index (χ0n) is 7.08. The van der Waals surface area contributed by atoms with E-state index in [1.165, 1.54) is 0 Å². The molecule has 7 heteroatoms. The predicted octanol–water partition coefficient (Wildman–Crippen LogP) is 3.09. The van der Waals surface area contributed by atoms with Gasteiger partial charge in [0.25, 0.3) is 0 Å². The average molecular weight is 240 g/mol. The van der Waals surface area contributed by atoms with Gasteiger partial charge in [0.1, 0.15) is 0 Å². The summed E-state index contributed by atoms with van der Waals surface area (Å²) < 4.78 is 10.9. The van der Waals surface area contributed by atoms with E-state index in [9.17, 15) is 4.57 Å². The van der Waals surface area contributed by atoms with E-state index in [0.29, 0.717) is 0 Å². The van der Waals surface area contributed by atoms with Crippen LogP contribution in [0.15, 0.2) is 6.07 Å². The van der Waals surface area contributed by atoms with Gasteiger partial charge >= 0.3 is 6.00 Å². The monoisotopic (exact) mass is 239 g/mol. The number of aromatic nitrogens is 2. The second-order valence-electron chi connectivity index (χ2n) is 2.55. The molecular weight excluding hydrogens is 232 g/mol. The van der Waals surface area contributed by atoms with Crippen LogP contribution < -0.4 is 5.09 Å². The Bertz CT molecular complexity index is 345. The topological polar surface area (TPSA) is 54.9 Å². The van der Waals surface area contributed by atoms with Crippen molar-refractivity contribution in [2.24, 2.45) is 0 Å². The molecule has 0 spiro atoms. The van der Waals surface area contributed by atoms with Gasteiger partial charge in [-0.3, -0.25) is 9.65 Å². The molecule has 1 aromatic rings. The molecule has 0 radical (unpaired) electrons. The van der Waals surface area contributed by atoms with E-state index >= 15 is 0 Å². The summed E-state index contributed by atoms with van der Waals surface area (Å²) >= 11 is 10.6. The maximum atomic E-state index is 10.9. The van der Waals surface area contributed by atoms with E-state index in [2.05, 4.69) is 15.1 Å². The summed E-state index contributed by atoms with van der Waals surface area (Å²) in [4.78, 5) is 7.91. The lowest BCUT2D eigenvalue weighted by molar-refractivity contribution is 0.595. The first-order chi connectivity index (χ1) is 5.87. The molecule has 0 bridgehead atoms. The molecule has 1 rings (SSSR count). The molecule has 1 aromatic heterocycles. The Morgan fingerprint density at radius 2 is 1.77 bits per heavy atom. The molecule has 0 unspecified atom stereocenters. The van der Waals surface area contributed by atoms with Gasteiger partial charge in [0, 0.05) is 11.4 Å². The van der Waals surface area contributed by atoms with Gasteiger partial charge in [-0.25, -0.2) is 9.97 Å². The van der Waals surface area contributed by atoms with Crippen molar-refractivity contribution in [2.45, 2.75) is 13.8 Å². The number of anilines is 1. The molecular formula is C6H8Cl2N3OP. The van der Waals surface area contributed by atoms with E-state index in [-0.39, 0.29) is 5.95 Å². The van der Waals surface area contributed by atoms with Gasteiger partial charge in [-0.05, 0) is 42.4 Å². The highest BCUT2D eigenvalue weighted by molar-refractivity contribution is 8.09. The third-order valence-electron chi connectivity index (χ3n) is 1.21. The van der Waals surface area contributed by atoms with E-state index in [0.717, 1.165) is 11.4 Å². The second kappa shape index (κ2) is 3.82. The standard InChI is InChI=1S/C6H8Cl2N3OP/c1-4-3-5(2)10-6(9-4)11-13(7,8)12/h3H,1-2H3,(H,9,10,11,12). The lowest BCUT2D eigenvalue weighted by Gasteiger charge is -2.05. The largest absolute Gasteiger partial charge is 0.345 e. The number of hydrogen-bond donors (Lipinski definition) is 1. The van der Waals surface area contributed by atoms with E-state index in [1.54, 1.807) is 19.9 Å². The molecule has 0 aromatic carbocycles. The summed E-state index contributed by atoms with van der Waals surface area (Å²) in [6, 6.07) is 1.79. The van der Waals surface area contributed by atoms with Crippen molar-refractivity contribution in [1.29, 1.82) is 0 Å². The molecule has 0 aliphatic heterocycles. The molecule has 0 fully saturated rings. The fourth-order valence-electron chi connectivity index (χ4n) is 0.892. The van der Waals surface area contributed by atoms with Crippen molar-refractivity contribution in [2.75, 3.05) is 5.09 Å². The van der Waals surface area contributed by atoms with Crippen LogP contribution in [0.5, 0.6) is 0 Å². The third kappa shape index (κ3) is 3.94. The molecule has 1 N–H and O–H groups in total. The number of rotatable bonds is 2. The minimum atomic E-state index is -3.36. The predicted molar refractivity (Wildman–Crippen MR) is 54.4 cm³/mol. The number of halogens is 2. The maximum absolute atomic E-state index is 10.9. The van der Waals surface area contributed by atoms with Crippen LogP contribution in [0.2, 0.25) is 0 Å². The van der Waals surface area contributed by atoms with Crippen molar-refractivity contribution in [3.8, 4) is 0 Å². The molecule has 0 aliphatic carbocycles. The van der Waals surface area contributed by atoms with Crippen molar-refractivity contribution in [3.05, 3.63) is 17.5 Å². The zero-order chi connectivity index (χ0) is 10.1. The smallest absolute Gasteiger partial charge is 0.281 e. The van der Waals surface area contributed by atoms with Crippen molar-refractivity contribution < 1.29 is 4.57 Å². The molecule has 1 heterocycles. The number of hydrogen-bond acceptors (Lipinski definition) is 3. The Labute approximate surface area is 85.7 Å². The average Bonchev–Trinajstić information content (AvgIpc) is 1.78.